The smallest absolute Gasteiger partial charge is 0.265 e. The van der Waals surface area contributed by atoms with E-state index in [-0.39, 0.29) is 22.1 Å². The molecular formula is C14H14BrNO4S. The summed E-state index contributed by atoms with van der Waals surface area (Å²) in [6, 6.07) is 10.7. The Balaban J connectivity index is 2.41. The van der Waals surface area contributed by atoms with Gasteiger partial charge in [0.15, 0.2) is 0 Å². The van der Waals surface area contributed by atoms with Crippen molar-refractivity contribution in [1.82, 2.24) is 0 Å². The van der Waals surface area contributed by atoms with Gasteiger partial charge in [0.2, 0.25) is 0 Å². The molecule has 7 heteroatoms. The number of benzene rings is 2. The first-order chi connectivity index (χ1) is 9.92. The monoisotopic (exact) mass is 371 g/mol. The maximum absolute atomic E-state index is 12.5. The van der Waals surface area contributed by atoms with Gasteiger partial charge in [-0.15, -0.1) is 0 Å². The SMILES string of the molecule is CCOc1ccc(Br)cc1S(=O)(=O)Nc1cccc(O)c1. The minimum absolute atomic E-state index is 0.0190. The first kappa shape index (κ1) is 15.7. The Labute approximate surface area is 131 Å². The normalized spacial score (nSPS) is 11.1. The van der Waals surface area contributed by atoms with E-state index in [9.17, 15) is 13.5 Å². The summed E-state index contributed by atoms with van der Waals surface area (Å²) < 4.78 is 33.3. The van der Waals surface area contributed by atoms with Gasteiger partial charge in [0.25, 0.3) is 10.0 Å². The van der Waals surface area contributed by atoms with Gasteiger partial charge in [-0.1, -0.05) is 22.0 Å². The second kappa shape index (κ2) is 6.36. The third-order valence-corrected chi connectivity index (χ3v) is 4.49. The molecule has 112 valence electrons. The molecule has 21 heavy (non-hydrogen) atoms. The molecule has 5 nitrogen and oxygen atoms in total. The van der Waals surface area contributed by atoms with Crippen molar-refractivity contribution in [2.24, 2.45) is 0 Å². The molecule has 0 fully saturated rings. The number of halogens is 1. The second-order valence-electron chi connectivity index (χ2n) is 4.18. The summed E-state index contributed by atoms with van der Waals surface area (Å²) in [7, 11) is -3.82. The van der Waals surface area contributed by atoms with E-state index >= 15 is 0 Å². The van der Waals surface area contributed by atoms with Crippen molar-refractivity contribution in [3.8, 4) is 11.5 Å². The number of hydrogen-bond donors (Lipinski definition) is 2. The molecule has 0 radical (unpaired) electrons. The fourth-order valence-corrected chi connectivity index (χ4v) is 3.48. The fourth-order valence-electron chi connectivity index (χ4n) is 1.75. The highest BCUT2D eigenvalue weighted by atomic mass is 79.9. The van der Waals surface area contributed by atoms with E-state index in [1.807, 2.05) is 0 Å². The number of sulfonamides is 1. The van der Waals surface area contributed by atoms with Crippen molar-refractivity contribution in [2.45, 2.75) is 11.8 Å². The van der Waals surface area contributed by atoms with Crippen molar-refractivity contribution in [3.63, 3.8) is 0 Å². The third-order valence-electron chi connectivity index (χ3n) is 2.59. The molecule has 0 aromatic heterocycles. The molecule has 0 aliphatic carbocycles. The lowest BCUT2D eigenvalue weighted by Crippen LogP contribution is -2.14. The van der Waals surface area contributed by atoms with Crippen LogP contribution in [0.5, 0.6) is 11.5 Å². The summed E-state index contributed by atoms with van der Waals surface area (Å²) in [4.78, 5) is 0.0297. The van der Waals surface area contributed by atoms with Crippen LogP contribution in [0.4, 0.5) is 5.69 Å². The number of anilines is 1. The van der Waals surface area contributed by atoms with E-state index in [1.165, 1.54) is 18.2 Å². The van der Waals surface area contributed by atoms with Crippen LogP contribution in [-0.2, 0) is 10.0 Å². The summed E-state index contributed by atoms with van der Waals surface area (Å²) in [6.45, 7) is 2.14. The maximum atomic E-state index is 12.5. The van der Waals surface area contributed by atoms with Gasteiger partial charge in [0, 0.05) is 10.5 Å². The first-order valence-corrected chi connectivity index (χ1v) is 8.44. The molecule has 0 spiro atoms. The number of nitrogens with one attached hydrogen (secondary N) is 1. The Morgan fingerprint density at radius 1 is 1.24 bits per heavy atom. The van der Waals surface area contributed by atoms with Crippen LogP contribution in [0.3, 0.4) is 0 Å². The van der Waals surface area contributed by atoms with Crippen LogP contribution in [0.15, 0.2) is 51.8 Å². The Morgan fingerprint density at radius 3 is 2.67 bits per heavy atom. The van der Waals surface area contributed by atoms with E-state index in [0.29, 0.717) is 11.1 Å². The summed E-state index contributed by atoms with van der Waals surface area (Å²) in [6.07, 6.45) is 0. The van der Waals surface area contributed by atoms with Crippen LogP contribution in [-0.4, -0.2) is 20.1 Å². The Hall–Kier alpha value is -1.73. The zero-order valence-electron chi connectivity index (χ0n) is 11.2. The number of aromatic hydroxyl groups is 1. The average Bonchev–Trinajstić information content (AvgIpc) is 2.40. The molecule has 0 saturated carbocycles. The van der Waals surface area contributed by atoms with Crippen LogP contribution >= 0.6 is 15.9 Å². The van der Waals surface area contributed by atoms with Crippen LogP contribution in [0.25, 0.3) is 0 Å². The van der Waals surface area contributed by atoms with E-state index in [1.54, 1.807) is 31.2 Å². The van der Waals surface area contributed by atoms with E-state index in [2.05, 4.69) is 20.7 Å². The van der Waals surface area contributed by atoms with Gasteiger partial charge in [-0.05, 0) is 37.3 Å². The van der Waals surface area contributed by atoms with Gasteiger partial charge in [-0.2, -0.15) is 0 Å². The van der Waals surface area contributed by atoms with E-state index in [0.717, 1.165) is 0 Å². The van der Waals surface area contributed by atoms with Gasteiger partial charge in [0.1, 0.15) is 16.4 Å². The quantitative estimate of drug-likeness (QED) is 0.844. The number of ether oxygens (including phenoxy) is 1. The lowest BCUT2D eigenvalue weighted by atomic mass is 10.3. The lowest BCUT2D eigenvalue weighted by molar-refractivity contribution is 0.331. The highest BCUT2D eigenvalue weighted by molar-refractivity contribution is 9.10. The van der Waals surface area contributed by atoms with Gasteiger partial charge < -0.3 is 9.84 Å². The molecule has 0 amide bonds. The molecule has 0 aliphatic rings. The van der Waals surface area contributed by atoms with E-state index in [4.69, 9.17) is 4.74 Å². The Kier molecular flexibility index (Phi) is 4.74. The van der Waals surface area contributed by atoms with Gasteiger partial charge in [-0.3, -0.25) is 4.72 Å². The second-order valence-corrected chi connectivity index (χ2v) is 6.75. The molecule has 2 N–H and O–H groups in total. The molecule has 2 rings (SSSR count). The molecule has 2 aromatic carbocycles. The number of phenols is 1. The van der Waals surface area contributed by atoms with Gasteiger partial charge >= 0.3 is 0 Å². The standard InChI is InChI=1S/C14H14BrNO4S/c1-2-20-13-7-6-10(15)8-14(13)21(18,19)16-11-4-3-5-12(17)9-11/h3-9,16-17H,2H2,1H3. The van der Waals surface area contributed by atoms with Gasteiger partial charge in [-0.25, -0.2) is 8.42 Å². The molecular weight excluding hydrogens is 358 g/mol. The molecule has 0 heterocycles. The van der Waals surface area contributed by atoms with Crippen LogP contribution in [0.1, 0.15) is 6.92 Å². The third kappa shape index (κ3) is 3.89. The number of rotatable bonds is 5. The fraction of sp³-hybridized carbons (Fsp3) is 0.143. The maximum Gasteiger partial charge on any atom is 0.265 e. The zero-order valence-corrected chi connectivity index (χ0v) is 13.6. The number of phenolic OH excluding ortho intramolecular Hbond substituents is 1. The first-order valence-electron chi connectivity index (χ1n) is 6.16. The van der Waals surface area contributed by atoms with Crippen LogP contribution < -0.4 is 9.46 Å². The predicted molar refractivity (Wildman–Crippen MR) is 84.2 cm³/mol. The number of hydrogen-bond acceptors (Lipinski definition) is 4. The summed E-state index contributed by atoms with van der Waals surface area (Å²) in [5.74, 6) is 0.253. The van der Waals surface area contributed by atoms with Crippen LogP contribution in [0.2, 0.25) is 0 Å². The van der Waals surface area contributed by atoms with Crippen molar-refractivity contribution in [3.05, 3.63) is 46.9 Å². The lowest BCUT2D eigenvalue weighted by Gasteiger charge is -2.13. The van der Waals surface area contributed by atoms with Crippen molar-refractivity contribution >= 4 is 31.6 Å². The summed E-state index contributed by atoms with van der Waals surface area (Å²) in [5, 5.41) is 9.40. The minimum Gasteiger partial charge on any atom is -0.508 e. The highest BCUT2D eigenvalue weighted by Gasteiger charge is 2.20. The molecule has 0 aliphatic heterocycles. The predicted octanol–water partition coefficient (Wildman–Crippen LogP) is 3.35. The van der Waals surface area contributed by atoms with Crippen molar-refractivity contribution < 1.29 is 18.3 Å². The zero-order chi connectivity index (χ0) is 15.5. The summed E-state index contributed by atoms with van der Waals surface area (Å²) >= 11 is 3.25. The largest absolute Gasteiger partial charge is 0.508 e. The Morgan fingerprint density at radius 2 is 2.00 bits per heavy atom. The van der Waals surface area contributed by atoms with Gasteiger partial charge in [0.05, 0.1) is 12.3 Å². The average molecular weight is 372 g/mol. The van der Waals surface area contributed by atoms with Crippen LogP contribution in [0, 0.1) is 0 Å². The van der Waals surface area contributed by atoms with Crippen molar-refractivity contribution in [1.29, 1.82) is 0 Å². The topological polar surface area (TPSA) is 75.6 Å². The molecule has 0 unspecified atom stereocenters. The highest BCUT2D eigenvalue weighted by Crippen LogP contribution is 2.29. The van der Waals surface area contributed by atoms with E-state index < -0.39 is 10.0 Å². The minimum atomic E-state index is -3.82. The molecule has 0 bridgehead atoms. The molecule has 2 aromatic rings. The van der Waals surface area contributed by atoms with Crippen molar-refractivity contribution in [2.75, 3.05) is 11.3 Å². The molecule has 0 saturated heterocycles. The summed E-state index contributed by atoms with van der Waals surface area (Å²) in [5.41, 5.74) is 0.275. The Bertz CT molecular complexity index is 746. The molecule has 0 atom stereocenters.